The van der Waals surface area contributed by atoms with E-state index in [0.29, 0.717) is 6.54 Å². The highest BCUT2D eigenvalue weighted by molar-refractivity contribution is 7.17. The Morgan fingerprint density at radius 3 is 3.00 bits per heavy atom. The third kappa shape index (κ3) is 2.26. The van der Waals surface area contributed by atoms with Crippen molar-refractivity contribution >= 4 is 27.3 Å². The number of hydrogen-bond donors (Lipinski definition) is 1. The number of aliphatic hydroxyl groups excluding tert-OH is 1. The van der Waals surface area contributed by atoms with Gasteiger partial charge in [-0.3, -0.25) is 4.79 Å². The lowest BCUT2D eigenvalue weighted by Crippen LogP contribution is -2.30. The van der Waals surface area contributed by atoms with Crippen molar-refractivity contribution in [2.24, 2.45) is 5.92 Å². The van der Waals surface area contributed by atoms with E-state index in [1.807, 2.05) is 34.5 Å². The summed E-state index contributed by atoms with van der Waals surface area (Å²) in [5, 5.41) is 12.6. The number of thiophene rings is 1. The van der Waals surface area contributed by atoms with Gasteiger partial charge in [-0.2, -0.15) is 0 Å². The molecule has 1 aromatic carbocycles. The lowest BCUT2D eigenvalue weighted by atomic mass is 10.0. The molecule has 0 saturated carbocycles. The number of amides is 1. The van der Waals surface area contributed by atoms with E-state index in [4.69, 9.17) is 0 Å². The fraction of sp³-hybridized carbons (Fsp3) is 0.400. The molecule has 19 heavy (non-hydrogen) atoms. The third-order valence-corrected chi connectivity index (χ3v) is 4.87. The number of fused-ring (bicyclic) bond motifs is 1. The van der Waals surface area contributed by atoms with E-state index in [9.17, 15) is 9.90 Å². The van der Waals surface area contributed by atoms with Crippen molar-refractivity contribution in [2.45, 2.75) is 19.4 Å². The second-order valence-electron chi connectivity index (χ2n) is 5.19. The van der Waals surface area contributed by atoms with E-state index < -0.39 is 0 Å². The maximum Gasteiger partial charge on any atom is 0.255 e. The molecule has 0 spiro atoms. The summed E-state index contributed by atoms with van der Waals surface area (Å²) in [6, 6.07) is 8.00. The Bertz CT molecular complexity index is 605. The van der Waals surface area contributed by atoms with E-state index in [0.717, 1.165) is 28.6 Å². The normalized spacial score (nSPS) is 20.9. The molecule has 1 saturated heterocycles. The van der Waals surface area contributed by atoms with E-state index in [1.165, 1.54) is 0 Å². The fourth-order valence-electron chi connectivity index (χ4n) is 2.68. The van der Waals surface area contributed by atoms with Crippen LogP contribution in [0.25, 0.3) is 10.1 Å². The SMILES string of the molecule is CC(O)C1CCN(C(=O)c2csc3ccccc23)C1. The van der Waals surface area contributed by atoms with Gasteiger partial charge < -0.3 is 10.0 Å². The molecule has 1 N–H and O–H groups in total. The highest BCUT2D eigenvalue weighted by atomic mass is 32.1. The molecule has 2 heterocycles. The summed E-state index contributed by atoms with van der Waals surface area (Å²) in [6.07, 6.45) is 0.558. The molecular weight excluding hydrogens is 258 g/mol. The van der Waals surface area contributed by atoms with Crippen LogP contribution in [0, 0.1) is 5.92 Å². The highest BCUT2D eigenvalue weighted by Gasteiger charge is 2.30. The Hall–Kier alpha value is -1.39. The number of hydrogen-bond acceptors (Lipinski definition) is 3. The molecule has 2 unspecified atom stereocenters. The quantitative estimate of drug-likeness (QED) is 0.915. The molecule has 0 bridgehead atoms. The standard InChI is InChI=1S/C15H17NO2S/c1-10(17)11-6-7-16(8-11)15(18)13-9-19-14-5-3-2-4-12(13)14/h2-5,9-11,17H,6-8H2,1H3. The first-order chi connectivity index (χ1) is 9.16. The van der Waals surface area contributed by atoms with Gasteiger partial charge in [-0.25, -0.2) is 0 Å². The first-order valence-corrected chi connectivity index (χ1v) is 7.48. The molecule has 2 atom stereocenters. The van der Waals surface area contributed by atoms with Crippen molar-refractivity contribution in [3.8, 4) is 0 Å². The molecule has 0 radical (unpaired) electrons. The Kier molecular flexibility index (Phi) is 3.29. The summed E-state index contributed by atoms with van der Waals surface area (Å²) in [7, 11) is 0. The van der Waals surface area contributed by atoms with E-state index >= 15 is 0 Å². The minimum Gasteiger partial charge on any atom is -0.393 e. The average molecular weight is 275 g/mol. The largest absolute Gasteiger partial charge is 0.393 e. The monoisotopic (exact) mass is 275 g/mol. The molecule has 1 amide bonds. The minimum atomic E-state index is -0.336. The number of carbonyl (C=O) groups is 1. The Morgan fingerprint density at radius 2 is 2.26 bits per heavy atom. The molecule has 1 aliphatic heterocycles. The first kappa shape index (κ1) is 12.6. The first-order valence-electron chi connectivity index (χ1n) is 6.60. The summed E-state index contributed by atoms with van der Waals surface area (Å²) in [5.41, 5.74) is 0.798. The van der Waals surface area contributed by atoms with Crippen LogP contribution >= 0.6 is 11.3 Å². The average Bonchev–Trinajstić information content (AvgIpc) is 3.05. The van der Waals surface area contributed by atoms with Crippen molar-refractivity contribution in [3.63, 3.8) is 0 Å². The predicted molar refractivity (Wildman–Crippen MR) is 77.5 cm³/mol. The van der Waals surface area contributed by atoms with Gasteiger partial charge in [0, 0.05) is 34.5 Å². The lowest BCUT2D eigenvalue weighted by molar-refractivity contribution is 0.0765. The number of rotatable bonds is 2. The van der Waals surface area contributed by atoms with Gasteiger partial charge in [0.2, 0.25) is 0 Å². The van der Waals surface area contributed by atoms with Crippen LogP contribution < -0.4 is 0 Å². The number of likely N-dealkylation sites (tertiary alicyclic amines) is 1. The van der Waals surface area contributed by atoms with Crippen LogP contribution in [0.2, 0.25) is 0 Å². The van der Waals surface area contributed by atoms with Gasteiger partial charge in [-0.1, -0.05) is 18.2 Å². The summed E-state index contributed by atoms with van der Waals surface area (Å²) < 4.78 is 1.15. The molecule has 3 rings (SSSR count). The summed E-state index contributed by atoms with van der Waals surface area (Å²) >= 11 is 1.61. The van der Waals surface area contributed by atoms with Gasteiger partial charge in [0.05, 0.1) is 11.7 Å². The molecule has 3 nitrogen and oxygen atoms in total. The van der Waals surface area contributed by atoms with Gasteiger partial charge in [0.25, 0.3) is 5.91 Å². The summed E-state index contributed by atoms with van der Waals surface area (Å²) in [5.74, 6) is 0.314. The Morgan fingerprint density at radius 1 is 1.47 bits per heavy atom. The number of nitrogens with zero attached hydrogens (tertiary/aromatic N) is 1. The van der Waals surface area contributed by atoms with Gasteiger partial charge in [-0.05, 0) is 19.4 Å². The highest BCUT2D eigenvalue weighted by Crippen LogP contribution is 2.29. The zero-order chi connectivity index (χ0) is 13.4. The van der Waals surface area contributed by atoms with Crippen LogP contribution in [0.4, 0.5) is 0 Å². The number of carbonyl (C=O) groups excluding carboxylic acids is 1. The molecule has 1 aromatic heterocycles. The predicted octanol–water partition coefficient (Wildman–Crippen LogP) is 2.74. The van der Waals surface area contributed by atoms with Crippen molar-refractivity contribution < 1.29 is 9.90 Å². The van der Waals surface area contributed by atoms with E-state index in [1.54, 1.807) is 18.3 Å². The van der Waals surface area contributed by atoms with Crippen LogP contribution in [0.5, 0.6) is 0 Å². The minimum absolute atomic E-state index is 0.0978. The summed E-state index contributed by atoms with van der Waals surface area (Å²) in [4.78, 5) is 14.4. The topological polar surface area (TPSA) is 40.5 Å². The molecule has 0 aliphatic carbocycles. The Balaban J connectivity index is 1.85. The van der Waals surface area contributed by atoms with E-state index in [-0.39, 0.29) is 17.9 Å². The van der Waals surface area contributed by atoms with Crippen LogP contribution in [-0.4, -0.2) is 35.1 Å². The lowest BCUT2D eigenvalue weighted by Gasteiger charge is -2.17. The zero-order valence-electron chi connectivity index (χ0n) is 10.9. The molecule has 1 aliphatic rings. The number of benzene rings is 1. The van der Waals surface area contributed by atoms with Crippen LogP contribution in [0.15, 0.2) is 29.6 Å². The fourth-order valence-corrected chi connectivity index (χ4v) is 3.61. The van der Waals surface area contributed by atoms with Crippen molar-refractivity contribution in [1.29, 1.82) is 0 Å². The van der Waals surface area contributed by atoms with Crippen LogP contribution in [0.3, 0.4) is 0 Å². The van der Waals surface area contributed by atoms with Crippen molar-refractivity contribution in [2.75, 3.05) is 13.1 Å². The van der Waals surface area contributed by atoms with Gasteiger partial charge in [-0.15, -0.1) is 11.3 Å². The third-order valence-electron chi connectivity index (χ3n) is 3.91. The zero-order valence-corrected chi connectivity index (χ0v) is 11.7. The number of aliphatic hydroxyl groups is 1. The Labute approximate surface area is 116 Å². The second-order valence-corrected chi connectivity index (χ2v) is 6.10. The molecular formula is C15H17NO2S. The van der Waals surface area contributed by atoms with Crippen molar-refractivity contribution in [3.05, 3.63) is 35.2 Å². The van der Waals surface area contributed by atoms with Gasteiger partial charge >= 0.3 is 0 Å². The molecule has 1 fully saturated rings. The molecule has 2 aromatic rings. The van der Waals surface area contributed by atoms with Crippen LogP contribution in [-0.2, 0) is 0 Å². The maximum atomic E-state index is 12.5. The second kappa shape index (κ2) is 4.94. The van der Waals surface area contributed by atoms with Crippen LogP contribution in [0.1, 0.15) is 23.7 Å². The summed E-state index contributed by atoms with van der Waals surface area (Å²) in [6.45, 7) is 3.22. The smallest absolute Gasteiger partial charge is 0.255 e. The molecule has 4 heteroatoms. The van der Waals surface area contributed by atoms with Gasteiger partial charge in [0.15, 0.2) is 0 Å². The van der Waals surface area contributed by atoms with Gasteiger partial charge in [0.1, 0.15) is 0 Å². The molecule has 100 valence electrons. The van der Waals surface area contributed by atoms with Crippen molar-refractivity contribution in [1.82, 2.24) is 4.90 Å². The maximum absolute atomic E-state index is 12.5. The van der Waals surface area contributed by atoms with E-state index in [2.05, 4.69) is 0 Å².